The minimum atomic E-state index is 0.307. The van der Waals surface area contributed by atoms with Crippen LogP contribution < -0.4 is 10.2 Å². The predicted molar refractivity (Wildman–Crippen MR) is 73.8 cm³/mol. The molecule has 3 nitrogen and oxygen atoms in total. The molecule has 96 valence electrons. The molecule has 0 radical (unpaired) electrons. The van der Waals surface area contributed by atoms with Crippen molar-refractivity contribution in [2.45, 2.75) is 25.8 Å². The maximum absolute atomic E-state index is 9.11. The van der Waals surface area contributed by atoms with Crippen molar-refractivity contribution in [3.63, 3.8) is 0 Å². The van der Waals surface area contributed by atoms with Crippen molar-refractivity contribution < 1.29 is 5.11 Å². The summed E-state index contributed by atoms with van der Waals surface area (Å²) in [5.41, 5.74) is 1.33. The van der Waals surface area contributed by atoms with Gasteiger partial charge in [0.05, 0.1) is 0 Å². The molecule has 1 aromatic rings. The Bertz CT molecular complexity index is 301. The number of rotatable bonds is 5. The van der Waals surface area contributed by atoms with Crippen LogP contribution in [0.2, 0.25) is 0 Å². The number of hydrogen-bond acceptors (Lipinski definition) is 4. The summed E-state index contributed by atoms with van der Waals surface area (Å²) in [6.45, 7) is 5.66. The monoisotopic (exact) mass is 254 g/mol. The number of hydrogen-bond donors (Lipinski definition) is 2. The average Bonchev–Trinajstić information content (AvgIpc) is 2.83. The summed E-state index contributed by atoms with van der Waals surface area (Å²) in [6.07, 6.45) is 2.11. The van der Waals surface area contributed by atoms with Gasteiger partial charge < -0.3 is 15.3 Å². The lowest BCUT2D eigenvalue weighted by Gasteiger charge is -2.39. The lowest BCUT2D eigenvalue weighted by Crippen LogP contribution is -2.49. The summed E-state index contributed by atoms with van der Waals surface area (Å²) >= 11 is 1.75. The molecule has 1 aromatic heterocycles. The van der Waals surface area contributed by atoms with Gasteiger partial charge in [-0.3, -0.25) is 0 Å². The topological polar surface area (TPSA) is 35.5 Å². The van der Waals surface area contributed by atoms with Crippen molar-refractivity contribution in [2.24, 2.45) is 5.92 Å². The van der Waals surface area contributed by atoms with Gasteiger partial charge in [0.1, 0.15) is 0 Å². The summed E-state index contributed by atoms with van der Waals surface area (Å²) < 4.78 is 0. The zero-order chi connectivity index (χ0) is 12.1. The number of thiophene rings is 1. The number of aliphatic hydroxyl groups is 1. The van der Waals surface area contributed by atoms with Crippen molar-refractivity contribution in [3.05, 3.63) is 16.8 Å². The normalized spacial score (nSPS) is 25.2. The fourth-order valence-corrected chi connectivity index (χ4v) is 3.34. The third-order valence-electron chi connectivity index (χ3n) is 3.44. The van der Waals surface area contributed by atoms with Crippen LogP contribution in [0, 0.1) is 5.92 Å². The number of anilines is 1. The quantitative estimate of drug-likeness (QED) is 0.843. The van der Waals surface area contributed by atoms with Crippen molar-refractivity contribution >= 4 is 17.0 Å². The summed E-state index contributed by atoms with van der Waals surface area (Å²) in [4.78, 5) is 2.45. The molecule has 1 saturated heterocycles. The number of piperidine rings is 1. The third kappa shape index (κ3) is 3.44. The molecule has 2 N–H and O–H groups in total. The molecule has 4 heteroatoms. The zero-order valence-electron chi connectivity index (χ0n) is 10.4. The lowest BCUT2D eigenvalue weighted by molar-refractivity contribution is 0.231. The number of nitrogens with one attached hydrogen (secondary N) is 1. The summed E-state index contributed by atoms with van der Waals surface area (Å²) in [6, 6.07) is 2.75. The second-order valence-corrected chi connectivity index (χ2v) is 5.54. The summed E-state index contributed by atoms with van der Waals surface area (Å²) in [5.74, 6) is 0.609. The second kappa shape index (κ2) is 6.38. The van der Waals surface area contributed by atoms with Crippen LogP contribution in [0.4, 0.5) is 5.69 Å². The smallest absolute Gasteiger partial charge is 0.0475 e. The second-order valence-electron chi connectivity index (χ2n) is 4.76. The van der Waals surface area contributed by atoms with Gasteiger partial charge in [0.2, 0.25) is 0 Å². The van der Waals surface area contributed by atoms with E-state index >= 15 is 0 Å². The highest BCUT2D eigenvalue weighted by molar-refractivity contribution is 7.08. The molecular weight excluding hydrogens is 232 g/mol. The van der Waals surface area contributed by atoms with E-state index in [1.807, 2.05) is 0 Å². The first-order chi connectivity index (χ1) is 8.33. The molecule has 2 rings (SSSR count). The van der Waals surface area contributed by atoms with Crippen LogP contribution in [-0.4, -0.2) is 37.4 Å². The molecule has 0 aliphatic carbocycles. The van der Waals surface area contributed by atoms with Gasteiger partial charge in [-0.1, -0.05) is 6.92 Å². The van der Waals surface area contributed by atoms with Gasteiger partial charge in [-0.25, -0.2) is 0 Å². The molecule has 17 heavy (non-hydrogen) atoms. The Morgan fingerprint density at radius 2 is 2.41 bits per heavy atom. The van der Waals surface area contributed by atoms with Gasteiger partial charge in [0, 0.05) is 36.8 Å². The standard InChI is InChI=1S/C13H22N2OS/c1-2-14-12-7-11(3-5-16)8-15(9-12)13-4-6-17-10-13/h4,6,10-12,14,16H,2-3,5,7-9H2,1H3. The van der Waals surface area contributed by atoms with E-state index in [0.717, 1.165) is 26.1 Å². The maximum atomic E-state index is 9.11. The molecule has 0 amide bonds. The van der Waals surface area contributed by atoms with E-state index in [4.69, 9.17) is 5.11 Å². The van der Waals surface area contributed by atoms with Gasteiger partial charge in [-0.2, -0.15) is 11.3 Å². The molecule has 0 bridgehead atoms. The van der Waals surface area contributed by atoms with Crippen LogP contribution in [0.1, 0.15) is 19.8 Å². The van der Waals surface area contributed by atoms with Crippen molar-refractivity contribution in [3.8, 4) is 0 Å². The van der Waals surface area contributed by atoms with E-state index in [9.17, 15) is 0 Å². The van der Waals surface area contributed by atoms with Gasteiger partial charge in [0.25, 0.3) is 0 Å². The molecule has 0 spiro atoms. The van der Waals surface area contributed by atoms with Gasteiger partial charge in [-0.05, 0) is 36.8 Å². The van der Waals surface area contributed by atoms with E-state index in [1.165, 1.54) is 12.1 Å². The third-order valence-corrected chi connectivity index (χ3v) is 4.11. The zero-order valence-corrected chi connectivity index (χ0v) is 11.2. The largest absolute Gasteiger partial charge is 0.396 e. The highest BCUT2D eigenvalue weighted by Crippen LogP contribution is 2.26. The molecule has 1 fully saturated rings. The molecule has 1 aliphatic heterocycles. The van der Waals surface area contributed by atoms with E-state index in [2.05, 4.69) is 34.0 Å². The SMILES string of the molecule is CCNC1CC(CCO)CN(c2ccsc2)C1. The first kappa shape index (κ1) is 12.9. The lowest BCUT2D eigenvalue weighted by atomic mass is 9.91. The molecule has 0 saturated carbocycles. The Morgan fingerprint density at radius 3 is 3.06 bits per heavy atom. The first-order valence-electron chi connectivity index (χ1n) is 6.44. The van der Waals surface area contributed by atoms with Crippen LogP contribution in [0.5, 0.6) is 0 Å². The Kier molecular flexibility index (Phi) is 4.83. The number of likely N-dealkylation sites (N-methyl/N-ethyl adjacent to an activating group) is 1. The maximum Gasteiger partial charge on any atom is 0.0475 e. The minimum absolute atomic E-state index is 0.307. The predicted octanol–water partition coefficient (Wildman–Crippen LogP) is 1.93. The fourth-order valence-electron chi connectivity index (χ4n) is 2.68. The van der Waals surface area contributed by atoms with Gasteiger partial charge in [-0.15, -0.1) is 0 Å². The van der Waals surface area contributed by atoms with Gasteiger partial charge >= 0.3 is 0 Å². The summed E-state index contributed by atoms with van der Waals surface area (Å²) in [5, 5.41) is 17.0. The van der Waals surface area contributed by atoms with E-state index in [-0.39, 0.29) is 0 Å². The molecule has 2 unspecified atom stereocenters. The minimum Gasteiger partial charge on any atom is -0.396 e. The summed E-state index contributed by atoms with van der Waals surface area (Å²) in [7, 11) is 0. The molecular formula is C13H22N2OS. The Hall–Kier alpha value is -0.580. The highest BCUT2D eigenvalue weighted by Gasteiger charge is 2.26. The van der Waals surface area contributed by atoms with Crippen LogP contribution in [0.25, 0.3) is 0 Å². The number of nitrogens with zero attached hydrogens (tertiary/aromatic N) is 1. The van der Waals surface area contributed by atoms with Crippen LogP contribution in [0.15, 0.2) is 16.8 Å². The number of aliphatic hydroxyl groups excluding tert-OH is 1. The van der Waals surface area contributed by atoms with E-state index in [1.54, 1.807) is 11.3 Å². The van der Waals surface area contributed by atoms with Crippen molar-refractivity contribution in [1.82, 2.24) is 5.32 Å². The van der Waals surface area contributed by atoms with Crippen molar-refractivity contribution in [1.29, 1.82) is 0 Å². The molecule has 1 aliphatic rings. The molecule has 0 aromatic carbocycles. The van der Waals surface area contributed by atoms with Gasteiger partial charge in [0.15, 0.2) is 0 Å². The highest BCUT2D eigenvalue weighted by atomic mass is 32.1. The van der Waals surface area contributed by atoms with Crippen LogP contribution >= 0.6 is 11.3 Å². The van der Waals surface area contributed by atoms with Crippen LogP contribution in [-0.2, 0) is 0 Å². The first-order valence-corrected chi connectivity index (χ1v) is 7.39. The Labute approximate surface area is 107 Å². The van der Waals surface area contributed by atoms with Crippen LogP contribution in [0.3, 0.4) is 0 Å². The van der Waals surface area contributed by atoms with Crippen molar-refractivity contribution in [2.75, 3.05) is 31.1 Å². The van der Waals surface area contributed by atoms with E-state index < -0.39 is 0 Å². The average molecular weight is 254 g/mol. The fraction of sp³-hybridized carbons (Fsp3) is 0.692. The molecule has 2 heterocycles. The van der Waals surface area contributed by atoms with E-state index in [0.29, 0.717) is 18.6 Å². The Morgan fingerprint density at radius 1 is 1.53 bits per heavy atom. The Balaban J connectivity index is 2.00. The molecule has 2 atom stereocenters.